The molecule has 1 aliphatic carbocycles. The lowest BCUT2D eigenvalue weighted by Gasteiger charge is -2.17. The fraction of sp³-hybridized carbons (Fsp3) is 0.364. The van der Waals surface area contributed by atoms with Crippen LogP contribution in [0.15, 0.2) is 35.3 Å². The van der Waals surface area contributed by atoms with Crippen molar-refractivity contribution in [3.05, 3.63) is 57.8 Å². The molecule has 4 rings (SSSR count). The molecule has 0 saturated heterocycles. The second-order valence-corrected chi connectivity index (χ2v) is 8.97. The maximum Gasteiger partial charge on any atom is 0.416 e. The van der Waals surface area contributed by atoms with Crippen LogP contribution in [-0.2, 0) is 11.6 Å². The topological polar surface area (TPSA) is 119 Å². The number of alkyl halides is 5. The predicted molar refractivity (Wildman–Crippen MR) is 120 cm³/mol. The van der Waals surface area contributed by atoms with Gasteiger partial charge in [0.25, 0.3) is 18.3 Å². The Morgan fingerprint density at radius 3 is 2.51 bits per heavy atom. The number of hydrogen-bond acceptors (Lipinski definition) is 7. The maximum atomic E-state index is 13.5. The number of ether oxygens (including phenoxy) is 1. The van der Waals surface area contributed by atoms with Crippen molar-refractivity contribution in [2.24, 2.45) is 0 Å². The number of nitrogens with zero attached hydrogens (tertiary/aromatic N) is 6. The van der Waals surface area contributed by atoms with Crippen LogP contribution in [0.2, 0.25) is 0 Å². The molecule has 1 aliphatic rings. The highest BCUT2D eigenvalue weighted by molar-refractivity contribution is 9.10. The van der Waals surface area contributed by atoms with Gasteiger partial charge < -0.3 is 10.1 Å². The molecule has 0 bridgehead atoms. The van der Waals surface area contributed by atoms with Crippen LogP contribution < -0.4 is 10.1 Å². The van der Waals surface area contributed by atoms with Crippen LogP contribution >= 0.6 is 15.9 Å². The smallest absolute Gasteiger partial charge is 0.416 e. The van der Waals surface area contributed by atoms with Gasteiger partial charge in [-0.05, 0) is 59.5 Å². The molecule has 37 heavy (non-hydrogen) atoms. The van der Waals surface area contributed by atoms with E-state index in [1.807, 2.05) is 6.07 Å². The van der Waals surface area contributed by atoms with Gasteiger partial charge in [0, 0.05) is 5.56 Å². The molecule has 0 spiro atoms. The highest BCUT2D eigenvalue weighted by Crippen LogP contribution is 2.48. The summed E-state index contributed by atoms with van der Waals surface area (Å²) in [4.78, 5) is 25.2. The number of benzene rings is 1. The summed E-state index contributed by atoms with van der Waals surface area (Å²) in [6.07, 6.45) is -4.27. The highest BCUT2D eigenvalue weighted by Gasteiger charge is 2.46. The number of aromatic nitrogens is 5. The first-order chi connectivity index (χ1) is 17.4. The van der Waals surface area contributed by atoms with E-state index in [4.69, 9.17) is 4.74 Å². The van der Waals surface area contributed by atoms with Gasteiger partial charge >= 0.3 is 6.18 Å². The Kier molecular flexibility index (Phi) is 7.13. The number of carbonyl (C=O) groups excluding carboxylic acids is 1. The number of rotatable bonds is 8. The first-order valence-corrected chi connectivity index (χ1v) is 11.5. The third kappa shape index (κ3) is 5.85. The van der Waals surface area contributed by atoms with Crippen molar-refractivity contribution in [2.75, 3.05) is 6.61 Å². The summed E-state index contributed by atoms with van der Waals surface area (Å²) in [7, 11) is 0. The Bertz CT molecular complexity index is 1350. The van der Waals surface area contributed by atoms with Crippen molar-refractivity contribution in [3.8, 4) is 17.8 Å². The van der Waals surface area contributed by atoms with E-state index in [1.54, 1.807) is 0 Å². The summed E-state index contributed by atoms with van der Waals surface area (Å²) in [5.41, 5.74) is -2.19. The summed E-state index contributed by atoms with van der Waals surface area (Å²) in [5.74, 6) is -0.720. The lowest BCUT2D eigenvalue weighted by molar-refractivity contribution is -0.137. The fourth-order valence-electron chi connectivity index (χ4n) is 3.51. The van der Waals surface area contributed by atoms with E-state index in [0.29, 0.717) is 12.8 Å². The average Bonchev–Trinajstić information content (AvgIpc) is 3.56. The molecule has 1 saturated carbocycles. The van der Waals surface area contributed by atoms with Crippen molar-refractivity contribution in [1.29, 1.82) is 5.26 Å². The second-order valence-electron chi connectivity index (χ2n) is 8.26. The van der Waals surface area contributed by atoms with Gasteiger partial charge in [0.1, 0.15) is 6.61 Å². The molecule has 2 aromatic heterocycles. The number of amides is 1. The second kappa shape index (κ2) is 10.0. The number of halogens is 6. The Balaban J connectivity index is 1.58. The van der Waals surface area contributed by atoms with E-state index in [9.17, 15) is 32.0 Å². The van der Waals surface area contributed by atoms with Gasteiger partial charge in [-0.1, -0.05) is 0 Å². The number of nitriles is 1. The summed E-state index contributed by atoms with van der Waals surface area (Å²) >= 11 is 3.12. The molecular weight excluding hydrogens is 569 g/mol. The Hall–Kier alpha value is -3.67. The third-order valence-electron chi connectivity index (χ3n) is 5.56. The molecule has 0 radical (unpaired) electrons. The molecule has 0 aliphatic heterocycles. The Labute approximate surface area is 214 Å². The van der Waals surface area contributed by atoms with E-state index in [-0.39, 0.29) is 33.4 Å². The van der Waals surface area contributed by atoms with Crippen LogP contribution in [0, 0.1) is 11.3 Å². The van der Waals surface area contributed by atoms with Crippen LogP contribution in [0.3, 0.4) is 0 Å². The van der Waals surface area contributed by atoms with E-state index in [0.717, 1.165) is 24.5 Å². The molecule has 1 N–H and O–H groups in total. The molecule has 9 nitrogen and oxygen atoms in total. The van der Waals surface area contributed by atoms with E-state index in [1.165, 1.54) is 17.7 Å². The number of nitrogens with one attached hydrogen (secondary N) is 1. The lowest BCUT2D eigenvalue weighted by atomic mass is 9.93. The van der Waals surface area contributed by atoms with Crippen LogP contribution in [0.5, 0.6) is 5.75 Å². The summed E-state index contributed by atoms with van der Waals surface area (Å²) in [6.45, 7) is 0.690. The molecule has 3 aromatic rings. The van der Waals surface area contributed by atoms with Crippen LogP contribution in [0.1, 0.15) is 53.1 Å². The predicted octanol–water partition coefficient (Wildman–Crippen LogP) is 4.53. The van der Waals surface area contributed by atoms with Gasteiger partial charge in [0.05, 0.1) is 35.5 Å². The van der Waals surface area contributed by atoms with Gasteiger partial charge in [0.15, 0.2) is 11.6 Å². The summed E-state index contributed by atoms with van der Waals surface area (Å²) < 4.78 is 71.3. The van der Waals surface area contributed by atoms with Crippen LogP contribution in [0.4, 0.5) is 22.0 Å². The van der Waals surface area contributed by atoms with Crippen molar-refractivity contribution in [1.82, 2.24) is 30.0 Å². The molecule has 194 valence electrons. The lowest BCUT2D eigenvalue weighted by Crippen LogP contribution is -2.29. The zero-order valence-electron chi connectivity index (χ0n) is 18.9. The van der Waals surface area contributed by atoms with Gasteiger partial charge in [-0.3, -0.25) is 4.79 Å². The molecule has 1 atom stereocenters. The van der Waals surface area contributed by atoms with Crippen molar-refractivity contribution < 1.29 is 31.5 Å². The Morgan fingerprint density at radius 2 is 1.95 bits per heavy atom. The number of carbonyl (C=O) groups is 1. The van der Waals surface area contributed by atoms with Gasteiger partial charge in [-0.25, -0.2) is 23.7 Å². The number of hydrogen-bond donors (Lipinski definition) is 1. The molecule has 1 amide bonds. The maximum absolute atomic E-state index is 13.5. The largest absolute Gasteiger partial charge is 0.484 e. The molecule has 1 fully saturated rings. The van der Waals surface area contributed by atoms with Crippen LogP contribution in [0.25, 0.3) is 5.95 Å². The molecule has 15 heteroatoms. The van der Waals surface area contributed by atoms with Crippen molar-refractivity contribution in [2.45, 2.75) is 43.8 Å². The SMILES string of the molecule is CC(NC(=O)c1cc(C(F)(F)F)cc(C2(C#N)CC2)c1)c1nc(Br)nn1-c1ncc(OCC(F)F)cn1. The molecule has 1 unspecified atom stereocenters. The third-order valence-corrected chi connectivity index (χ3v) is 5.90. The zero-order valence-corrected chi connectivity index (χ0v) is 20.5. The van der Waals surface area contributed by atoms with Gasteiger partial charge in [-0.2, -0.15) is 23.1 Å². The van der Waals surface area contributed by atoms with E-state index >= 15 is 0 Å². The first-order valence-electron chi connectivity index (χ1n) is 10.7. The van der Waals surface area contributed by atoms with Crippen molar-refractivity contribution in [3.63, 3.8) is 0 Å². The average molecular weight is 586 g/mol. The quantitative estimate of drug-likeness (QED) is 0.386. The monoisotopic (exact) mass is 585 g/mol. The van der Waals surface area contributed by atoms with Gasteiger partial charge in [-0.15, -0.1) is 5.10 Å². The molecule has 2 heterocycles. The standard InChI is InChI=1S/C22H17BrF5N7O2/c1-11(17-33-19(23)34-35(17)20-30-7-15(8-31-20)37-9-16(24)25)32-18(36)12-4-13(21(10-29)2-3-21)6-14(5-12)22(26,27)28/h4-8,11,16H,2-3,9H2,1H3,(H,32,36). The van der Waals surface area contributed by atoms with Crippen molar-refractivity contribution >= 4 is 21.8 Å². The Morgan fingerprint density at radius 1 is 1.27 bits per heavy atom. The first kappa shape index (κ1) is 26.4. The molecular formula is C22H17BrF5N7O2. The fourth-order valence-corrected chi connectivity index (χ4v) is 3.85. The normalized spacial score (nSPS) is 15.2. The van der Waals surface area contributed by atoms with Crippen LogP contribution in [-0.4, -0.2) is 43.7 Å². The van der Waals surface area contributed by atoms with E-state index in [2.05, 4.69) is 41.3 Å². The molecule has 1 aromatic carbocycles. The highest BCUT2D eigenvalue weighted by atomic mass is 79.9. The minimum atomic E-state index is -4.71. The minimum absolute atomic E-state index is 0.00251. The summed E-state index contributed by atoms with van der Waals surface area (Å²) in [5, 5.41) is 16.1. The zero-order chi connectivity index (χ0) is 27.0. The van der Waals surface area contributed by atoms with E-state index < -0.39 is 42.1 Å². The summed E-state index contributed by atoms with van der Waals surface area (Å²) in [6, 6.07) is 4.07. The van der Waals surface area contributed by atoms with Gasteiger partial charge in [0.2, 0.25) is 4.73 Å². The minimum Gasteiger partial charge on any atom is -0.484 e.